The predicted octanol–water partition coefficient (Wildman–Crippen LogP) is 5.77. The summed E-state index contributed by atoms with van der Waals surface area (Å²) in [5.74, 6) is -2.27. The summed E-state index contributed by atoms with van der Waals surface area (Å²) < 4.78 is 44.1. The molecule has 0 aliphatic carbocycles. The van der Waals surface area contributed by atoms with Gasteiger partial charge in [-0.2, -0.15) is 18.4 Å². The van der Waals surface area contributed by atoms with Gasteiger partial charge in [0.15, 0.2) is 5.57 Å². The van der Waals surface area contributed by atoms with Crippen molar-refractivity contribution < 1.29 is 37.1 Å². The third-order valence-corrected chi connectivity index (χ3v) is 6.33. The molecule has 2 aromatic carbocycles. The normalized spacial score (nSPS) is 16.1. The maximum Gasteiger partial charge on any atom is 0.416 e. The Morgan fingerprint density at radius 3 is 2.27 bits per heavy atom. The maximum absolute atomic E-state index is 13.2. The lowest BCUT2D eigenvalue weighted by Crippen LogP contribution is -2.52. The highest BCUT2D eigenvalue weighted by Crippen LogP contribution is 2.36. The average molecular weight is 616 g/mol. The Bertz CT molecular complexity index is 1460. The highest BCUT2D eigenvalue weighted by Gasteiger charge is 2.40. The van der Waals surface area contributed by atoms with E-state index in [0.29, 0.717) is 11.3 Å². The van der Waals surface area contributed by atoms with Gasteiger partial charge in [0.1, 0.15) is 23.6 Å². The second-order valence-corrected chi connectivity index (χ2v) is 9.53. The van der Waals surface area contributed by atoms with Crippen LogP contribution in [0.25, 0.3) is 0 Å². The number of nitriles is 1. The van der Waals surface area contributed by atoms with Gasteiger partial charge in [-0.05, 0) is 43.7 Å². The van der Waals surface area contributed by atoms with Gasteiger partial charge in [-0.1, -0.05) is 34.1 Å². The summed E-state index contributed by atoms with van der Waals surface area (Å²) in [5.41, 5.74) is 0.106. The molecule has 44 heavy (non-hydrogen) atoms. The topological polar surface area (TPSA) is 141 Å². The van der Waals surface area contributed by atoms with Crippen LogP contribution in [-0.4, -0.2) is 41.6 Å². The Kier molecular flexibility index (Phi) is 12.5. The molecule has 1 fully saturated rings. The number of nitrogens with one attached hydrogen (secondary N) is 3. The van der Waals surface area contributed by atoms with Gasteiger partial charge in [-0.25, -0.2) is 0 Å². The predicted molar refractivity (Wildman–Crippen MR) is 158 cm³/mol. The summed E-state index contributed by atoms with van der Waals surface area (Å²) in [6.45, 7) is 9.74. The molecule has 0 radical (unpaired) electrons. The van der Waals surface area contributed by atoms with Crippen molar-refractivity contribution in [1.29, 1.82) is 5.26 Å². The molecule has 0 aromatic heterocycles. The van der Waals surface area contributed by atoms with E-state index in [1.54, 1.807) is 19.2 Å². The molecule has 10 nitrogen and oxygen atoms in total. The fourth-order valence-corrected chi connectivity index (χ4v) is 4.37. The minimum atomic E-state index is -4.53. The van der Waals surface area contributed by atoms with E-state index in [2.05, 4.69) is 29.8 Å². The van der Waals surface area contributed by atoms with Crippen molar-refractivity contribution in [2.75, 3.05) is 17.7 Å². The van der Waals surface area contributed by atoms with Crippen molar-refractivity contribution in [2.24, 2.45) is 0 Å². The SMILES string of the molecule is CC.CCC.CNc1cc(O/C(C)=C(/C#N)C(=O)Nc2ccc(C(F)(F)F)cc2)cc2c1CN(C1CCC(=O)NC1=O)C2=O. The maximum atomic E-state index is 13.2. The smallest absolute Gasteiger partial charge is 0.416 e. The highest BCUT2D eigenvalue weighted by atomic mass is 19.4. The number of hydrogen-bond acceptors (Lipinski definition) is 7. The molecule has 13 heteroatoms. The number of amides is 4. The molecule has 0 saturated carbocycles. The Morgan fingerprint density at radius 1 is 1.14 bits per heavy atom. The van der Waals surface area contributed by atoms with Crippen LogP contribution in [0.15, 0.2) is 47.7 Å². The van der Waals surface area contributed by atoms with Crippen LogP contribution in [0.1, 0.15) is 75.4 Å². The zero-order valence-corrected chi connectivity index (χ0v) is 25.4. The second kappa shape index (κ2) is 15.6. The van der Waals surface area contributed by atoms with Crippen LogP contribution >= 0.6 is 0 Å². The molecular formula is C31H36F3N5O5. The van der Waals surface area contributed by atoms with E-state index in [-0.39, 0.29) is 42.1 Å². The Morgan fingerprint density at radius 2 is 1.75 bits per heavy atom. The number of rotatable bonds is 6. The van der Waals surface area contributed by atoms with E-state index >= 15 is 0 Å². The Labute approximate surface area is 254 Å². The summed E-state index contributed by atoms with van der Waals surface area (Å²) >= 11 is 0. The van der Waals surface area contributed by atoms with E-state index in [9.17, 15) is 37.6 Å². The number of carbonyl (C=O) groups is 4. The highest BCUT2D eigenvalue weighted by molar-refractivity contribution is 6.07. The van der Waals surface area contributed by atoms with Crippen LogP contribution in [0, 0.1) is 11.3 Å². The number of ether oxygens (including phenoxy) is 1. The van der Waals surface area contributed by atoms with Crippen LogP contribution in [0.3, 0.4) is 0 Å². The number of piperidine rings is 1. The number of nitrogens with zero attached hydrogens (tertiary/aromatic N) is 2. The van der Waals surface area contributed by atoms with E-state index in [1.165, 1.54) is 24.3 Å². The molecule has 4 amide bonds. The second-order valence-electron chi connectivity index (χ2n) is 9.53. The standard InChI is InChI=1S/C26H22F3N5O5.C3H8.C2H6/c1-13(18(11-30)23(36)32-15-5-3-14(4-6-15)26(27,28)29)39-16-9-17-19(20(10-16)31-2)12-34(25(17)38)21-7-8-22(35)33-24(21)37;1-3-2;1-2/h3-6,9-10,21,31H,7-8,12H2,1-2H3,(H,32,36)(H,33,35,37);3H2,1-2H3;1-2H3/b18-13-;;. The fraction of sp³-hybridized carbons (Fsp3) is 0.387. The fourth-order valence-electron chi connectivity index (χ4n) is 4.37. The van der Waals surface area contributed by atoms with Crippen molar-refractivity contribution in [3.63, 3.8) is 0 Å². The van der Waals surface area contributed by atoms with Crippen molar-refractivity contribution in [2.45, 2.75) is 72.6 Å². The lowest BCUT2D eigenvalue weighted by Gasteiger charge is -2.29. The zero-order valence-electron chi connectivity index (χ0n) is 25.4. The van der Waals surface area contributed by atoms with E-state index in [4.69, 9.17) is 4.74 Å². The number of hydrogen-bond donors (Lipinski definition) is 3. The van der Waals surface area contributed by atoms with Gasteiger partial charge in [0, 0.05) is 43.0 Å². The summed E-state index contributed by atoms with van der Waals surface area (Å²) in [4.78, 5) is 51.1. The first kappa shape index (κ1) is 35.3. The zero-order chi connectivity index (χ0) is 33.2. The van der Waals surface area contributed by atoms with Gasteiger partial charge < -0.3 is 20.3 Å². The molecule has 1 atom stereocenters. The molecule has 2 heterocycles. The van der Waals surface area contributed by atoms with Gasteiger partial charge in [0.25, 0.3) is 11.8 Å². The van der Waals surface area contributed by atoms with Gasteiger partial charge in [0.2, 0.25) is 11.8 Å². The molecule has 2 aromatic rings. The average Bonchev–Trinajstić information content (AvgIpc) is 3.30. The summed E-state index contributed by atoms with van der Waals surface area (Å²) in [5, 5.41) is 17.1. The molecule has 4 rings (SSSR count). The lowest BCUT2D eigenvalue weighted by molar-refractivity contribution is -0.138. The molecule has 2 aliphatic rings. The van der Waals surface area contributed by atoms with Crippen LogP contribution in [0.5, 0.6) is 5.75 Å². The first-order valence-electron chi connectivity index (χ1n) is 14.1. The van der Waals surface area contributed by atoms with Crippen molar-refractivity contribution in [1.82, 2.24) is 10.2 Å². The molecule has 0 spiro atoms. The molecule has 1 unspecified atom stereocenters. The number of allylic oxidation sites excluding steroid dienone is 1. The Balaban J connectivity index is 0.00000127. The van der Waals surface area contributed by atoms with Crippen molar-refractivity contribution in [3.05, 3.63) is 64.4 Å². The molecule has 1 saturated heterocycles. The van der Waals surface area contributed by atoms with Crippen LogP contribution in [0.4, 0.5) is 24.5 Å². The molecule has 0 bridgehead atoms. The van der Waals surface area contributed by atoms with Crippen molar-refractivity contribution in [3.8, 4) is 11.8 Å². The number of fused-ring (bicyclic) bond motifs is 1. The molecule has 236 valence electrons. The van der Waals surface area contributed by atoms with Crippen LogP contribution < -0.4 is 20.7 Å². The van der Waals surface area contributed by atoms with Crippen LogP contribution in [0.2, 0.25) is 0 Å². The first-order chi connectivity index (χ1) is 20.8. The number of alkyl halides is 3. The number of imide groups is 1. The minimum absolute atomic E-state index is 0.0442. The summed E-state index contributed by atoms with van der Waals surface area (Å²) in [6.07, 6.45) is -2.98. The molecule has 3 N–H and O–H groups in total. The Hall–Kier alpha value is -4.86. The van der Waals surface area contributed by atoms with E-state index in [0.717, 1.165) is 24.3 Å². The van der Waals surface area contributed by atoms with Gasteiger partial charge in [0.05, 0.1) is 11.1 Å². The van der Waals surface area contributed by atoms with Crippen LogP contribution in [-0.2, 0) is 27.1 Å². The van der Waals surface area contributed by atoms with Gasteiger partial charge in [-0.3, -0.25) is 24.5 Å². The number of anilines is 2. The van der Waals surface area contributed by atoms with Crippen molar-refractivity contribution >= 4 is 35.0 Å². The minimum Gasteiger partial charge on any atom is -0.460 e. The summed E-state index contributed by atoms with van der Waals surface area (Å²) in [6, 6.07) is 7.63. The van der Waals surface area contributed by atoms with Gasteiger partial charge in [-0.15, -0.1) is 0 Å². The lowest BCUT2D eigenvalue weighted by atomic mass is 10.0. The number of halogens is 3. The monoisotopic (exact) mass is 615 g/mol. The third kappa shape index (κ3) is 8.37. The van der Waals surface area contributed by atoms with E-state index < -0.39 is 47.0 Å². The third-order valence-electron chi connectivity index (χ3n) is 6.33. The molecular weight excluding hydrogens is 579 g/mol. The van der Waals surface area contributed by atoms with E-state index in [1.807, 2.05) is 13.8 Å². The van der Waals surface area contributed by atoms with Gasteiger partial charge >= 0.3 is 6.18 Å². The number of carbonyl (C=O) groups excluding carboxylic acids is 4. The number of benzene rings is 2. The summed E-state index contributed by atoms with van der Waals surface area (Å²) in [7, 11) is 1.62. The molecule has 2 aliphatic heterocycles. The quantitative estimate of drug-likeness (QED) is 0.162. The first-order valence-corrected chi connectivity index (χ1v) is 14.1. The largest absolute Gasteiger partial charge is 0.460 e.